The van der Waals surface area contributed by atoms with Crippen molar-refractivity contribution in [2.45, 2.75) is 26.7 Å². The predicted molar refractivity (Wildman–Crippen MR) is 88.3 cm³/mol. The van der Waals surface area contributed by atoms with Crippen LogP contribution in [0, 0.1) is 12.3 Å². The van der Waals surface area contributed by atoms with Crippen molar-refractivity contribution < 1.29 is 0 Å². The van der Waals surface area contributed by atoms with Crippen molar-refractivity contribution in [1.29, 1.82) is 0 Å². The van der Waals surface area contributed by atoms with Crippen molar-refractivity contribution in [3.63, 3.8) is 0 Å². The van der Waals surface area contributed by atoms with Crippen LogP contribution >= 0.6 is 7.26 Å². The first-order chi connectivity index (χ1) is 9.33. The maximum atomic E-state index is 2.53. The first kappa shape index (κ1) is 14.3. The van der Waals surface area contributed by atoms with E-state index in [-0.39, 0.29) is 0 Å². The number of benzene rings is 2. The summed E-state index contributed by atoms with van der Waals surface area (Å²) in [6, 6.07) is 21.9. The van der Waals surface area contributed by atoms with Gasteiger partial charge in [0.05, 0.1) is 0 Å². The van der Waals surface area contributed by atoms with Crippen LogP contribution < -0.4 is 10.6 Å². The Kier molecular flexibility index (Phi) is 5.16. The molecule has 0 fully saturated rings. The largest absolute Gasteiger partial charge is 0.189 e. The highest BCUT2D eigenvalue weighted by Crippen LogP contribution is 2.63. The third kappa shape index (κ3) is 3.07. The van der Waals surface area contributed by atoms with E-state index in [1.54, 1.807) is 0 Å². The summed E-state index contributed by atoms with van der Waals surface area (Å²) in [6.07, 6.45) is 7.27. The standard InChI is InChI=1S/C18H22P/c1-3-15-19(16-4-2,17-11-7-5-8-12-17)18-13-9-6-10-14-18/h5-16H,3-4H2,1-2H3/q-1. The summed E-state index contributed by atoms with van der Waals surface area (Å²) >= 11 is 0. The van der Waals surface area contributed by atoms with E-state index in [1.165, 1.54) is 10.6 Å². The van der Waals surface area contributed by atoms with Gasteiger partial charge in [0.2, 0.25) is 0 Å². The lowest BCUT2D eigenvalue weighted by atomic mass is 10.4. The van der Waals surface area contributed by atoms with Crippen molar-refractivity contribution in [2.24, 2.45) is 0 Å². The zero-order chi connectivity index (χ0) is 13.6. The minimum atomic E-state index is -1.45. The van der Waals surface area contributed by atoms with Crippen molar-refractivity contribution in [3.05, 3.63) is 73.0 Å². The van der Waals surface area contributed by atoms with E-state index >= 15 is 0 Å². The predicted octanol–water partition coefficient (Wildman–Crippen LogP) is 4.80. The minimum absolute atomic E-state index is 1.11. The molecule has 100 valence electrons. The molecule has 0 aromatic heterocycles. The maximum Gasteiger partial charge on any atom is 0.0413 e. The lowest BCUT2D eigenvalue weighted by molar-refractivity contribution is 1.16. The Morgan fingerprint density at radius 1 is 0.684 bits per heavy atom. The molecule has 0 aliphatic carbocycles. The van der Waals surface area contributed by atoms with Crippen molar-refractivity contribution >= 4 is 17.9 Å². The minimum Gasteiger partial charge on any atom is -0.189 e. The summed E-state index contributed by atoms with van der Waals surface area (Å²) in [6.45, 7) is 4.48. The molecular weight excluding hydrogens is 247 g/mol. The van der Waals surface area contributed by atoms with E-state index in [2.05, 4.69) is 86.8 Å². The van der Waals surface area contributed by atoms with Gasteiger partial charge in [-0.25, -0.2) is 0 Å². The van der Waals surface area contributed by atoms with Gasteiger partial charge in [-0.1, -0.05) is 50.2 Å². The van der Waals surface area contributed by atoms with Gasteiger partial charge in [0.1, 0.15) is 0 Å². The van der Waals surface area contributed by atoms with Crippen molar-refractivity contribution in [1.82, 2.24) is 0 Å². The molecule has 0 unspecified atom stereocenters. The highest BCUT2D eigenvalue weighted by Gasteiger charge is 2.24. The van der Waals surface area contributed by atoms with Crippen LogP contribution in [0.5, 0.6) is 0 Å². The molecule has 1 heteroatoms. The van der Waals surface area contributed by atoms with Crippen molar-refractivity contribution in [3.8, 4) is 0 Å². The summed E-state index contributed by atoms with van der Waals surface area (Å²) in [5.41, 5.74) is 0. The smallest absolute Gasteiger partial charge is 0.0413 e. The molecule has 0 aliphatic rings. The average Bonchev–Trinajstić information content (AvgIpc) is 2.49. The second kappa shape index (κ2) is 6.87. The second-order valence-corrected chi connectivity index (χ2v) is 7.95. The Hall–Kier alpha value is -1.13. The Balaban J connectivity index is 2.54. The highest BCUT2D eigenvalue weighted by molar-refractivity contribution is 7.93. The summed E-state index contributed by atoms with van der Waals surface area (Å²) in [5.74, 6) is 0. The molecule has 0 nitrogen and oxygen atoms in total. The van der Waals surface area contributed by atoms with Gasteiger partial charge in [-0.05, 0) is 24.3 Å². The molecule has 0 radical (unpaired) electrons. The monoisotopic (exact) mass is 269 g/mol. The molecule has 0 spiro atoms. The second-order valence-electron chi connectivity index (χ2n) is 4.63. The Bertz CT molecular complexity index is 428. The van der Waals surface area contributed by atoms with Crippen LogP contribution in [0.25, 0.3) is 0 Å². The van der Waals surface area contributed by atoms with E-state index in [0.29, 0.717) is 0 Å². The lowest BCUT2D eigenvalue weighted by Crippen LogP contribution is -2.22. The molecule has 0 heterocycles. The van der Waals surface area contributed by atoms with E-state index in [0.717, 1.165) is 12.8 Å². The molecule has 2 aromatic carbocycles. The lowest BCUT2D eigenvalue weighted by Gasteiger charge is -2.44. The first-order valence-electron chi connectivity index (χ1n) is 7.02. The number of rotatable bonds is 6. The zero-order valence-corrected chi connectivity index (χ0v) is 12.7. The number of hydrogen-bond acceptors (Lipinski definition) is 0. The fourth-order valence-electron chi connectivity index (χ4n) is 2.57. The van der Waals surface area contributed by atoms with Gasteiger partial charge < -0.3 is 0 Å². The molecule has 19 heavy (non-hydrogen) atoms. The summed E-state index contributed by atoms with van der Waals surface area (Å²) in [7, 11) is -1.45. The van der Waals surface area contributed by atoms with Crippen LogP contribution in [0.1, 0.15) is 26.7 Å². The Morgan fingerprint density at radius 3 is 1.37 bits per heavy atom. The van der Waals surface area contributed by atoms with Crippen LogP contribution in [0.4, 0.5) is 0 Å². The quantitative estimate of drug-likeness (QED) is 0.522. The first-order valence-corrected chi connectivity index (χ1v) is 8.94. The van der Waals surface area contributed by atoms with Gasteiger partial charge in [-0.3, -0.25) is 0 Å². The number of hydrogen-bond donors (Lipinski definition) is 0. The molecule has 0 atom stereocenters. The van der Waals surface area contributed by atoms with Gasteiger partial charge >= 0.3 is 0 Å². The maximum absolute atomic E-state index is 2.53. The van der Waals surface area contributed by atoms with E-state index < -0.39 is 7.26 Å². The van der Waals surface area contributed by atoms with Gasteiger partial charge in [-0.15, -0.1) is 12.8 Å². The van der Waals surface area contributed by atoms with Crippen molar-refractivity contribution in [2.75, 3.05) is 0 Å². The van der Waals surface area contributed by atoms with Gasteiger partial charge in [0.15, 0.2) is 0 Å². The fourth-order valence-corrected chi connectivity index (χ4v) is 6.34. The van der Waals surface area contributed by atoms with Gasteiger partial charge in [0.25, 0.3) is 0 Å². The third-order valence-electron chi connectivity index (χ3n) is 3.31. The fraction of sp³-hybridized carbons (Fsp3) is 0.222. The molecule has 0 aliphatic heterocycles. The van der Waals surface area contributed by atoms with E-state index in [9.17, 15) is 0 Å². The van der Waals surface area contributed by atoms with E-state index in [1.807, 2.05) is 0 Å². The summed E-state index contributed by atoms with van der Waals surface area (Å²) in [5, 5.41) is 2.93. The van der Waals surface area contributed by atoms with Crippen LogP contribution in [0.2, 0.25) is 0 Å². The highest BCUT2D eigenvalue weighted by atomic mass is 31.2. The summed E-state index contributed by atoms with van der Waals surface area (Å²) < 4.78 is 0. The SMILES string of the molecule is CC[CH-][P+]([CH-]CC)(c1ccccc1)c1ccccc1. The Labute approximate surface area is 118 Å². The molecular formula is C18H22P-. The van der Waals surface area contributed by atoms with Crippen LogP contribution in [0.3, 0.4) is 0 Å². The molecule has 2 rings (SSSR count). The average molecular weight is 269 g/mol. The Morgan fingerprint density at radius 2 is 1.05 bits per heavy atom. The molecule has 0 saturated heterocycles. The van der Waals surface area contributed by atoms with Gasteiger partial charge in [0, 0.05) is 10.6 Å². The zero-order valence-electron chi connectivity index (χ0n) is 11.8. The van der Waals surface area contributed by atoms with Crippen LogP contribution in [0.15, 0.2) is 60.7 Å². The topological polar surface area (TPSA) is 0 Å². The molecule has 0 bridgehead atoms. The third-order valence-corrected chi connectivity index (χ3v) is 7.50. The molecule has 0 saturated carbocycles. The van der Waals surface area contributed by atoms with Gasteiger partial charge in [-0.2, -0.15) is 19.6 Å². The van der Waals surface area contributed by atoms with Crippen LogP contribution in [-0.4, -0.2) is 0 Å². The normalized spacial score (nSPS) is 11.5. The summed E-state index contributed by atoms with van der Waals surface area (Å²) in [4.78, 5) is 0. The molecule has 0 N–H and O–H groups in total. The van der Waals surface area contributed by atoms with Crippen LogP contribution in [-0.2, 0) is 0 Å². The van der Waals surface area contributed by atoms with E-state index in [4.69, 9.17) is 0 Å². The molecule has 0 amide bonds. The molecule has 2 aromatic rings.